The van der Waals surface area contributed by atoms with Crippen LogP contribution in [-0.4, -0.2) is 53.2 Å². The number of thiocarbonyl (C=S) groups is 1. The topological polar surface area (TPSA) is 18.5 Å². The smallest absolute Gasteiger partial charge is 0.169 e. The third-order valence-corrected chi connectivity index (χ3v) is 3.58. The van der Waals surface area contributed by atoms with Gasteiger partial charge in [0.2, 0.25) is 0 Å². The van der Waals surface area contributed by atoms with Crippen LogP contribution in [0.3, 0.4) is 0 Å². The largest absolute Gasteiger partial charge is 0.362 e. The number of nitrogens with one attached hydrogen (secondary N) is 1. The summed E-state index contributed by atoms with van der Waals surface area (Å²) in [6.07, 6.45) is 0. The maximum absolute atomic E-state index is 5.42. The fourth-order valence-electron chi connectivity index (χ4n) is 1.98. The van der Waals surface area contributed by atoms with E-state index in [4.69, 9.17) is 12.2 Å². The monoisotopic (exact) mass is 257 g/mol. The molecule has 0 amide bonds. The van der Waals surface area contributed by atoms with Crippen molar-refractivity contribution in [3.8, 4) is 0 Å². The van der Waals surface area contributed by atoms with Gasteiger partial charge in [-0.15, -0.1) is 0 Å². The first kappa shape index (κ1) is 14.7. The Bertz CT molecular complexity index is 250. The maximum Gasteiger partial charge on any atom is 0.169 e. The molecule has 0 bridgehead atoms. The van der Waals surface area contributed by atoms with Crippen LogP contribution in [0.25, 0.3) is 0 Å². The van der Waals surface area contributed by atoms with Gasteiger partial charge in [-0.05, 0) is 38.9 Å². The van der Waals surface area contributed by atoms with Gasteiger partial charge >= 0.3 is 0 Å². The van der Waals surface area contributed by atoms with Crippen LogP contribution in [0.15, 0.2) is 0 Å². The second-order valence-corrected chi connectivity index (χ2v) is 6.61. The molecule has 0 aromatic rings. The van der Waals surface area contributed by atoms with Crippen molar-refractivity contribution < 1.29 is 0 Å². The SMILES string of the molecule is CC(C)CNC(=S)N1CCN(C(C)(C)C)CC1. The van der Waals surface area contributed by atoms with Gasteiger partial charge in [0.15, 0.2) is 5.11 Å². The number of hydrogen-bond donors (Lipinski definition) is 1. The molecule has 100 valence electrons. The van der Waals surface area contributed by atoms with Crippen LogP contribution in [0, 0.1) is 5.92 Å². The maximum atomic E-state index is 5.42. The van der Waals surface area contributed by atoms with Gasteiger partial charge in [-0.2, -0.15) is 0 Å². The van der Waals surface area contributed by atoms with Crippen molar-refractivity contribution in [3.63, 3.8) is 0 Å². The Morgan fingerprint density at radius 3 is 2.12 bits per heavy atom. The predicted octanol–water partition coefficient (Wildman–Crippen LogP) is 1.93. The first-order valence-corrected chi connectivity index (χ1v) is 6.99. The van der Waals surface area contributed by atoms with Crippen LogP contribution in [0.2, 0.25) is 0 Å². The van der Waals surface area contributed by atoms with E-state index in [0.717, 1.165) is 37.8 Å². The van der Waals surface area contributed by atoms with Crippen molar-refractivity contribution in [2.24, 2.45) is 5.92 Å². The predicted molar refractivity (Wildman–Crippen MR) is 78.3 cm³/mol. The molecule has 0 spiro atoms. The van der Waals surface area contributed by atoms with Gasteiger partial charge < -0.3 is 10.2 Å². The molecule has 0 radical (unpaired) electrons. The summed E-state index contributed by atoms with van der Waals surface area (Å²) in [6, 6.07) is 0. The zero-order chi connectivity index (χ0) is 13.1. The molecule has 0 unspecified atom stereocenters. The van der Waals surface area contributed by atoms with E-state index >= 15 is 0 Å². The Morgan fingerprint density at radius 2 is 1.71 bits per heavy atom. The highest BCUT2D eigenvalue weighted by atomic mass is 32.1. The highest BCUT2D eigenvalue weighted by molar-refractivity contribution is 7.80. The number of piperazine rings is 1. The Balaban J connectivity index is 2.34. The van der Waals surface area contributed by atoms with Gasteiger partial charge in [-0.25, -0.2) is 0 Å². The minimum Gasteiger partial charge on any atom is -0.362 e. The lowest BCUT2D eigenvalue weighted by atomic mass is 10.1. The van der Waals surface area contributed by atoms with Gasteiger partial charge in [0.05, 0.1) is 0 Å². The molecule has 1 heterocycles. The van der Waals surface area contributed by atoms with Gasteiger partial charge in [0, 0.05) is 38.3 Å². The molecule has 4 heteroatoms. The van der Waals surface area contributed by atoms with E-state index in [1.807, 2.05) is 0 Å². The Kier molecular flexibility index (Phi) is 5.20. The first-order chi connectivity index (χ1) is 7.80. The van der Waals surface area contributed by atoms with E-state index in [1.54, 1.807) is 0 Å². The molecule has 1 rings (SSSR count). The number of rotatable bonds is 2. The van der Waals surface area contributed by atoms with Gasteiger partial charge in [-0.1, -0.05) is 13.8 Å². The summed E-state index contributed by atoms with van der Waals surface area (Å²) < 4.78 is 0. The Labute approximate surface area is 112 Å². The second kappa shape index (κ2) is 6.01. The molecule has 1 fully saturated rings. The van der Waals surface area contributed by atoms with E-state index < -0.39 is 0 Å². The summed E-state index contributed by atoms with van der Waals surface area (Å²) in [5.41, 5.74) is 0.277. The first-order valence-electron chi connectivity index (χ1n) is 6.58. The van der Waals surface area contributed by atoms with Gasteiger partial charge in [0.25, 0.3) is 0 Å². The average molecular weight is 257 g/mol. The quantitative estimate of drug-likeness (QED) is 0.762. The lowest BCUT2D eigenvalue weighted by Crippen LogP contribution is -2.56. The molecule has 1 saturated heterocycles. The summed E-state index contributed by atoms with van der Waals surface area (Å²) in [7, 11) is 0. The standard InChI is InChI=1S/C13H27N3S/c1-11(2)10-14-12(17)15-6-8-16(9-7-15)13(3,4)5/h11H,6-10H2,1-5H3,(H,14,17). The zero-order valence-corrected chi connectivity index (χ0v) is 12.7. The van der Waals surface area contributed by atoms with E-state index in [0.29, 0.717) is 5.92 Å². The second-order valence-electron chi connectivity index (χ2n) is 6.22. The molecule has 17 heavy (non-hydrogen) atoms. The van der Waals surface area contributed by atoms with Crippen LogP contribution in [0.5, 0.6) is 0 Å². The summed E-state index contributed by atoms with van der Waals surface area (Å²) in [5, 5.41) is 4.27. The molecule has 3 nitrogen and oxygen atoms in total. The molecule has 0 atom stereocenters. The van der Waals surface area contributed by atoms with Crippen molar-refractivity contribution in [2.75, 3.05) is 32.7 Å². The van der Waals surface area contributed by atoms with Gasteiger partial charge in [0.1, 0.15) is 0 Å². The molecule has 1 N–H and O–H groups in total. The summed E-state index contributed by atoms with van der Waals surface area (Å²) in [4.78, 5) is 4.81. The van der Waals surface area contributed by atoms with Crippen LogP contribution in [0.4, 0.5) is 0 Å². The van der Waals surface area contributed by atoms with Crippen molar-refractivity contribution in [1.82, 2.24) is 15.1 Å². The molecule has 0 saturated carbocycles. The van der Waals surface area contributed by atoms with E-state index in [9.17, 15) is 0 Å². The van der Waals surface area contributed by atoms with Gasteiger partial charge in [-0.3, -0.25) is 4.90 Å². The van der Waals surface area contributed by atoms with Crippen LogP contribution >= 0.6 is 12.2 Å². The van der Waals surface area contributed by atoms with Crippen molar-refractivity contribution in [2.45, 2.75) is 40.2 Å². The molecule has 0 aromatic heterocycles. The van der Waals surface area contributed by atoms with Crippen LogP contribution in [-0.2, 0) is 0 Å². The Morgan fingerprint density at radius 1 is 1.18 bits per heavy atom. The molecule has 1 aliphatic heterocycles. The average Bonchev–Trinajstić information content (AvgIpc) is 2.25. The highest BCUT2D eigenvalue weighted by Gasteiger charge is 2.26. The molecule has 1 aliphatic rings. The van der Waals surface area contributed by atoms with E-state index in [-0.39, 0.29) is 5.54 Å². The van der Waals surface area contributed by atoms with Crippen molar-refractivity contribution in [3.05, 3.63) is 0 Å². The Hall–Kier alpha value is -0.350. The third kappa shape index (κ3) is 4.80. The summed E-state index contributed by atoms with van der Waals surface area (Å²) in [5.74, 6) is 0.642. The number of hydrogen-bond acceptors (Lipinski definition) is 2. The normalized spacial score (nSPS) is 18.6. The third-order valence-electron chi connectivity index (χ3n) is 3.18. The molecule has 0 aliphatic carbocycles. The fourth-order valence-corrected chi connectivity index (χ4v) is 2.25. The molecule has 0 aromatic carbocycles. The minimum atomic E-state index is 0.277. The zero-order valence-electron chi connectivity index (χ0n) is 11.9. The highest BCUT2D eigenvalue weighted by Crippen LogP contribution is 2.15. The molecular weight excluding hydrogens is 230 g/mol. The van der Waals surface area contributed by atoms with Crippen molar-refractivity contribution in [1.29, 1.82) is 0 Å². The lowest BCUT2D eigenvalue weighted by Gasteiger charge is -2.43. The minimum absolute atomic E-state index is 0.277. The number of nitrogens with zero attached hydrogens (tertiary/aromatic N) is 2. The summed E-state index contributed by atoms with van der Waals surface area (Å²) >= 11 is 5.42. The summed E-state index contributed by atoms with van der Waals surface area (Å²) in [6.45, 7) is 16.5. The van der Waals surface area contributed by atoms with Crippen LogP contribution in [0.1, 0.15) is 34.6 Å². The van der Waals surface area contributed by atoms with Crippen molar-refractivity contribution >= 4 is 17.3 Å². The fraction of sp³-hybridized carbons (Fsp3) is 0.923. The van der Waals surface area contributed by atoms with E-state index in [2.05, 4.69) is 49.7 Å². The van der Waals surface area contributed by atoms with Crippen LogP contribution < -0.4 is 5.32 Å². The van der Waals surface area contributed by atoms with E-state index in [1.165, 1.54) is 0 Å². The lowest BCUT2D eigenvalue weighted by molar-refractivity contribution is 0.0879. The molecular formula is C13H27N3S.